The van der Waals surface area contributed by atoms with Gasteiger partial charge in [0.2, 0.25) is 0 Å². The van der Waals surface area contributed by atoms with Gasteiger partial charge in [0.15, 0.2) is 0 Å². The monoisotopic (exact) mass is 267 g/mol. The highest BCUT2D eigenvalue weighted by Gasteiger charge is 2.08. The van der Waals surface area contributed by atoms with Crippen LogP contribution in [0.5, 0.6) is 0 Å². The van der Waals surface area contributed by atoms with Crippen LogP contribution < -0.4 is 4.90 Å². The van der Waals surface area contributed by atoms with Gasteiger partial charge in [-0.3, -0.25) is 0 Å². The largest absolute Gasteiger partial charge is 0.388 e. The number of aliphatic hydroxyl groups excluding tert-OH is 1. The van der Waals surface area contributed by atoms with E-state index in [9.17, 15) is 5.11 Å². The lowest BCUT2D eigenvalue weighted by Crippen LogP contribution is -2.30. The highest BCUT2D eigenvalue weighted by molar-refractivity contribution is 5.48. The Morgan fingerprint density at radius 2 is 1.58 bits per heavy atom. The number of anilines is 1. The lowest BCUT2D eigenvalue weighted by Gasteiger charge is -2.24. The first kappa shape index (κ1) is 16.0. The lowest BCUT2D eigenvalue weighted by atomic mass is 10.1. The van der Waals surface area contributed by atoms with E-state index in [0.717, 1.165) is 30.8 Å². The molecule has 0 heterocycles. The van der Waals surface area contributed by atoms with E-state index in [0.29, 0.717) is 13.2 Å². The average molecular weight is 267 g/mol. The maximum Gasteiger partial charge on any atom is 0.0787 e. The van der Waals surface area contributed by atoms with E-state index < -0.39 is 0 Å². The van der Waals surface area contributed by atoms with Crippen LogP contribution in [0.1, 0.15) is 25.0 Å². The Hall–Kier alpha value is -1.10. The highest BCUT2D eigenvalue weighted by atomic mass is 16.5. The maximum absolute atomic E-state index is 9.79. The van der Waals surface area contributed by atoms with Gasteiger partial charge in [-0.05, 0) is 24.1 Å². The second-order valence-electron chi connectivity index (χ2n) is 4.49. The van der Waals surface area contributed by atoms with Gasteiger partial charge in [-0.25, -0.2) is 0 Å². The Morgan fingerprint density at radius 3 is 2.00 bits per heavy atom. The summed E-state index contributed by atoms with van der Waals surface area (Å²) in [5.74, 6) is 0. The minimum Gasteiger partial charge on any atom is -0.388 e. The van der Waals surface area contributed by atoms with Gasteiger partial charge in [0.05, 0.1) is 19.3 Å². The Bertz CT molecular complexity index is 332. The fourth-order valence-electron chi connectivity index (χ4n) is 1.92. The first-order valence-corrected chi connectivity index (χ1v) is 6.73. The normalized spacial score (nSPS) is 12.4. The molecule has 4 nitrogen and oxygen atoms in total. The quantitative estimate of drug-likeness (QED) is 0.745. The summed E-state index contributed by atoms with van der Waals surface area (Å²) in [7, 11) is 3.41. The molecule has 0 spiro atoms. The van der Waals surface area contributed by atoms with E-state index in [1.165, 1.54) is 0 Å². The summed E-state index contributed by atoms with van der Waals surface area (Å²) in [6, 6.07) is 8.05. The zero-order valence-electron chi connectivity index (χ0n) is 12.1. The van der Waals surface area contributed by atoms with Gasteiger partial charge in [-0.15, -0.1) is 0 Å². The van der Waals surface area contributed by atoms with E-state index in [1.54, 1.807) is 14.2 Å². The molecular formula is C15H25NO3. The van der Waals surface area contributed by atoms with Gasteiger partial charge in [-0.1, -0.05) is 19.1 Å². The van der Waals surface area contributed by atoms with Gasteiger partial charge in [0.1, 0.15) is 0 Å². The van der Waals surface area contributed by atoms with Crippen LogP contribution >= 0.6 is 0 Å². The Kier molecular flexibility index (Phi) is 7.48. The molecule has 0 aliphatic carbocycles. The van der Waals surface area contributed by atoms with E-state index in [-0.39, 0.29) is 6.10 Å². The third kappa shape index (κ3) is 5.19. The lowest BCUT2D eigenvalue weighted by molar-refractivity contribution is 0.173. The summed E-state index contributed by atoms with van der Waals surface area (Å²) < 4.78 is 10.3. The maximum atomic E-state index is 9.79. The number of rotatable bonds is 9. The molecule has 1 rings (SSSR count). The molecule has 0 radical (unpaired) electrons. The molecule has 0 aromatic heterocycles. The molecule has 108 valence electrons. The second kappa shape index (κ2) is 8.91. The van der Waals surface area contributed by atoms with Crippen molar-refractivity contribution in [3.05, 3.63) is 29.8 Å². The van der Waals surface area contributed by atoms with Crippen LogP contribution in [0, 0.1) is 0 Å². The summed E-state index contributed by atoms with van der Waals surface area (Å²) in [5.41, 5.74) is 2.09. The summed E-state index contributed by atoms with van der Waals surface area (Å²) in [5, 5.41) is 9.79. The van der Waals surface area contributed by atoms with Gasteiger partial charge >= 0.3 is 0 Å². The highest BCUT2D eigenvalue weighted by Crippen LogP contribution is 2.20. The molecule has 0 bridgehead atoms. The van der Waals surface area contributed by atoms with Crippen molar-refractivity contribution < 1.29 is 14.6 Å². The molecule has 0 fully saturated rings. The van der Waals surface area contributed by atoms with Crippen molar-refractivity contribution in [2.45, 2.75) is 19.4 Å². The van der Waals surface area contributed by atoms with Crippen LogP contribution in [0.4, 0.5) is 5.69 Å². The smallest absolute Gasteiger partial charge is 0.0787 e. The Morgan fingerprint density at radius 1 is 1.05 bits per heavy atom. The Balaban J connectivity index is 2.71. The van der Waals surface area contributed by atoms with Crippen molar-refractivity contribution in [2.75, 3.05) is 45.4 Å². The number of aliphatic hydroxyl groups is 1. The molecule has 1 N–H and O–H groups in total. The van der Waals surface area contributed by atoms with Crippen LogP contribution in [0.25, 0.3) is 0 Å². The third-order valence-electron chi connectivity index (χ3n) is 3.16. The molecule has 0 amide bonds. The van der Waals surface area contributed by atoms with Gasteiger partial charge < -0.3 is 19.5 Å². The standard InChI is InChI=1S/C15H25NO3/c1-4-15(17)13-5-7-14(8-6-13)16(9-11-18-2)10-12-19-3/h5-8,15,17H,4,9-12H2,1-3H3/t15-/m0/s1. The Labute approximate surface area is 115 Å². The molecule has 19 heavy (non-hydrogen) atoms. The summed E-state index contributed by atoms with van der Waals surface area (Å²) in [6.45, 7) is 5.00. The van der Waals surface area contributed by atoms with E-state index in [2.05, 4.69) is 4.90 Å². The van der Waals surface area contributed by atoms with Gasteiger partial charge in [-0.2, -0.15) is 0 Å². The average Bonchev–Trinajstić information content (AvgIpc) is 2.47. The van der Waals surface area contributed by atoms with E-state index in [4.69, 9.17) is 9.47 Å². The van der Waals surface area contributed by atoms with Crippen molar-refractivity contribution in [1.82, 2.24) is 0 Å². The van der Waals surface area contributed by atoms with Crippen LogP contribution in [0.3, 0.4) is 0 Å². The van der Waals surface area contributed by atoms with Gasteiger partial charge in [0.25, 0.3) is 0 Å². The summed E-state index contributed by atoms with van der Waals surface area (Å²) in [6.07, 6.45) is 0.358. The van der Waals surface area contributed by atoms with Gasteiger partial charge in [0, 0.05) is 33.0 Å². The van der Waals surface area contributed by atoms with Crippen molar-refractivity contribution >= 4 is 5.69 Å². The fourth-order valence-corrected chi connectivity index (χ4v) is 1.92. The molecule has 1 atom stereocenters. The number of nitrogens with zero attached hydrogens (tertiary/aromatic N) is 1. The van der Waals surface area contributed by atoms with Crippen molar-refractivity contribution in [3.8, 4) is 0 Å². The first-order chi connectivity index (χ1) is 9.22. The third-order valence-corrected chi connectivity index (χ3v) is 3.16. The van der Waals surface area contributed by atoms with E-state index >= 15 is 0 Å². The molecule has 0 saturated heterocycles. The molecule has 4 heteroatoms. The molecule has 1 aromatic rings. The van der Waals surface area contributed by atoms with Crippen molar-refractivity contribution in [3.63, 3.8) is 0 Å². The summed E-state index contributed by atoms with van der Waals surface area (Å²) in [4.78, 5) is 2.22. The molecule has 0 aliphatic heterocycles. The topological polar surface area (TPSA) is 41.9 Å². The van der Waals surface area contributed by atoms with Crippen molar-refractivity contribution in [1.29, 1.82) is 0 Å². The minimum absolute atomic E-state index is 0.375. The second-order valence-corrected chi connectivity index (χ2v) is 4.49. The first-order valence-electron chi connectivity index (χ1n) is 6.73. The molecule has 0 saturated carbocycles. The summed E-state index contributed by atoms with van der Waals surface area (Å²) >= 11 is 0. The predicted octanol–water partition coefficient (Wildman–Crippen LogP) is 2.23. The number of ether oxygens (including phenoxy) is 2. The minimum atomic E-state index is -0.375. The van der Waals surface area contributed by atoms with E-state index in [1.807, 2.05) is 31.2 Å². The van der Waals surface area contributed by atoms with Crippen LogP contribution in [-0.2, 0) is 9.47 Å². The van der Waals surface area contributed by atoms with Crippen LogP contribution in [0.2, 0.25) is 0 Å². The van der Waals surface area contributed by atoms with Crippen LogP contribution in [0.15, 0.2) is 24.3 Å². The van der Waals surface area contributed by atoms with Crippen molar-refractivity contribution in [2.24, 2.45) is 0 Å². The molecule has 1 aromatic carbocycles. The number of hydrogen-bond donors (Lipinski definition) is 1. The number of methoxy groups -OCH3 is 2. The fraction of sp³-hybridized carbons (Fsp3) is 0.600. The molecular weight excluding hydrogens is 242 g/mol. The van der Waals surface area contributed by atoms with Crippen LogP contribution in [-0.4, -0.2) is 45.6 Å². The molecule has 0 aliphatic rings. The molecule has 0 unspecified atom stereocenters. The predicted molar refractivity (Wildman–Crippen MR) is 77.7 cm³/mol. The zero-order chi connectivity index (χ0) is 14.1. The number of benzene rings is 1. The SMILES string of the molecule is CC[C@H](O)c1ccc(N(CCOC)CCOC)cc1. The zero-order valence-corrected chi connectivity index (χ0v) is 12.1. The number of hydrogen-bond acceptors (Lipinski definition) is 4.